The fourth-order valence-electron chi connectivity index (χ4n) is 3.16. The number of para-hydroxylation sites is 3. The van der Waals surface area contributed by atoms with Crippen molar-refractivity contribution in [2.75, 3.05) is 12.4 Å². The van der Waals surface area contributed by atoms with Crippen LogP contribution in [0.4, 0.5) is 5.69 Å². The SMILES string of the molecule is COc1ccccc1Oc1ccc(NC(=O)c2nn(-c3ccccc3)c(C)cc2=O)cc1. The molecule has 0 aliphatic carbocycles. The van der Waals surface area contributed by atoms with Gasteiger partial charge < -0.3 is 14.8 Å². The lowest BCUT2D eigenvalue weighted by Gasteiger charge is -2.12. The minimum absolute atomic E-state index is 0.186. The second-order valence-corrected chi connectivity index (χ2v) is 6.98. The van der Waals surface area contributed by atoms with Gasteiger partial charge in [-0.3, -0.25) is 9.59 Å². The van der Waals surface area contributed by atoms with Gasteiger partial charge in [0.2, 0.25) is 5.43 Å². The van der Waals surface area contributed by atoms with Gasteiger partial charge in [-0.1, -0.05) is 30.3 Å². The zero-order valence-electron chi connectivity index (χ0n) is 17.6. The maximum absolute atomic E-state index is 12.8. The van der Waals surface area contributed by atoms with E-state index in [1.165, 1.54) is 6.07 Å². The molecule has 0 aliphatic rings. The van der Waals surface area contributed by atoms with E-state index in [9.17, 15) is 9.59 Å². The molecule has 4 aromatic rings. The number of aromatic nitrogens is 2. The van der Waals surface area contributed by atoms with E-state index < -0.39 is 11.3 Å². The summed E-state index contributed by atoms with van der Waals surface area (Å²) in [6.45, 7) is 1.77. The first-order valence-corrected chi connectivity index (χ1v) is 9.94. The molecule has 0 atom stereocenters. The number of hydrogen-bond acceptors (Lipinski definition) is 5. The largest absolute Gasteiger partial charge is 0.493 e. The number of ether oxygens (including phenoxy) is 2. The summed E-state index contributed by atoms with van der Waals surface area (Å²) in [6, 6.07) is 24.8. The van der Waals surface area contributed by atoms with Gasteiger partial charge in [-0.05, 0) is 55.5 Å². The number of nitrogens with zero attached hydrogens (tertiary/aromatic N) is 2. The third-order valence-electron chi connectivity index (χ3n) is 4.73. The molecule has 0 radical (unpaired) electrons. The Balaban J connectivity index is 1.52. The van der Waals surface area contributed by atoms with Crippen LogP contribution in [-0.2, 0) is 0 Å². The molecule has 0 spiro atoms. The molecule has 0 unspecified atom stereocenters. The molecule has 1 amide bonds. The molecular weight excluding hydrogens is 406 g/mol. The van der Waals surface area contributed by atoms with E-state index in [0.29, 0.717) is 28.6 Å². The highest BCUT2D eigenvalue weighted by Crippen LogP contribution is 2.31. The Morgan fingerprint density at radius 3 is 2.25 bits per heavy atom. The Morgan fingerprint density at radius 1 is 0.906 bits per heavy atom. The summed E-state index contributed by atoms with van der Waals surface area (Å²) in [4.78, 5) is 25.2. The van der Waals surface area contributed by atoms with E-state index in [-0.39, 0.29) is 5.69 Å². The Morgan fingerprint density at radius 2 is 1.56 bits per heavy atom. The molecule has 7 nitrogen and oxygen atoms in total. The molecule has 4 rings (SSSR count). The molecule has 7 heteroatoms. The molecule has 0 aliphatic heterocycles. The lowest BCUT2D eigenvalue weighted by Crippen LogP contribution is -2.26. The number of hydrogen-bond donors (Lipinski definition) is 1. The van der Waals surface area contributed by atoms with Crippen LogP contribution < -0.4 is 20.2 Å². The number of carbonyl (C=O) groups excluding carboxylic acids is 1. The lowest BCUT2D eigenvalue weighted by atomic mass is 10.2. The van der Waals surface area contributed by atoms with Crippen LogP contribution >= 0.6 is 0 Å². The highest BCUT2D eigenvalue weighted by molar-refractivity contribution is 6.02. The zero-order chi connectivity index (χ0) is 22.5. The fraction of sp³-hybridized carbons (Fsp3) is 0.0800. The molecule has 32 heavy (non-hydrogen) atoms. The first-order chi connectivity index (χ1) is 15.5. The van der Waals surface area contributed by atoms with Crippen molar-refractivity contribution in [3.63, 3.8) is 0 Å². The Hall–Kier alpha value is -4.39. The fourth-order valence-corrected chi connectivity index (χ4v) is 3.16. The van der Waals surface area contributed by atoms with Crippen LogP contribution in [0.1, 0.15) is 16.2 Å². The van der Waals surface area contributed by atoms with Crippen molar-refractivity contribution in [3.05, 3.63) is 107 Å². The van der Waals surface area contributed by atoms with Gasteiger partial charge in [0, 0.05) is 17.4 Å². The van der Waals surface area contributed by atoms with E-state index in [2.05, 4.69) is 10.4 Å². The summed E-state index contributed by atoms with van der Waals surface area (Å²) < 4.78 is 12.7. The smallest absolute Gasteiger partial charge is 0.280 e. The van der Waals surface area contributed by atoms with Gasteiger partial charge in [0.25, 0.3) is 5.91 Å². The number of anilines is 1. The van der Waals surface area contributed by atoms with Crippen LogP contribution in [0, 0.1) is 6.92 Å². The molecule has 160 valence electrons. The quantitative estimate of drug-likeness (QED) is 0.487. The maximum atomic E-state index is 12.8. The van der Waals surface area contributed by atoms with Crippen LogP contribution in [0.5, 0.6) is 17.2 Å². The summed E-state index contributed by atoms with van der Waals surface area (Å²) in [6.07, 6.45) is 0. The van der Waals surface area contributed by atoms with Crippen LogP contribution in [0.3, 0.4) is 0 Å². The van der Waals surface area contributed by atoms with Crippen molar-refractivity contribution in [2.24, 2.45) is 0 Å². The van der Waals surface area contributed by atoms with Crippen molar-refractivity contribution in [2.45, 2.75) is 6.92 Å². The van der Waals surface area contributed by atoms with E-state index in [1.807, 2.05) is 42.5 Å². The molecule has 0 fully saturated rings. The number of benzene rings is 3. The predicted octanol–water partition coefficient (Wildman–Crippen LogP) is 4.59. The molecule has 0 saturated carbocycles. The van der Waals surface area contributed by atoms with Crippen molar-refractivity contribution in [1.82, 2.24) is 9.78 Å². The van der Waals surface area contributed by atoms with Crippen LogP contribution in [0.15, 0.2) is 89.7 Å². The minimum Gasteiger partial charge on any atom is -0.493 e. The Bertz CT molecular complexity index is 1300. The second-order valence-electron chi connectivity index (χ2n) is 6.98. The lowest BCUT2D eigenvalue weighted by molar-refractivity contribution is 0.101. The van der Waals surface area contributed by atoms with Crippen molar-refractivity contribution in [3.8, 4) is 22.9 Å². The van der Waals surface area contributed by atoms with Gasteiger partial charge in [-0.15, -0.1) is 0 Å². The van der Waals surface area contributed by atoms with Gasteiger partial charge in [0.15, 0.2) is 17.2 Å². The van der Waals surface area contributed by atoms with Crippen molar-refractivity contribution >= 4 is 11.6 Å². The number of carbonyl (C=O) groups is 1. The normalized spacial score (nSPS) is 10.4. The maximum Gasteiger partial charge on any atom is 0.280 e. The van der Waals surface area contributed by atoms with Crippen molar-refractivity contribution < 1.29 is 14.3 Å². The third-order valence-corrected chi connectivity index (χ3v) is 4.73. The van der Waals surface area contributed by atoms with E-state index in [1.54, 1.807) is 55.1 Å². The minimum atomic E-state index is -0.585. The van der Waals surface area contributed by atoms with Crippen LogP contribution in [0.2, 0.25) is 0 Å². The standard InChI is InChI=1S/C25H21N3O4/c1-17-16-21(29)24(27-28(17)19-8-4-3-5-9-19)25(30)26-18-12-14-20(15-13-18)32-23-11-7-6-10-22(23)31-2/h3-16H,1-2H3,(H,26,30). The molecule has 1 aromatic heterocycles. The average molecular weight is 427 g/mol. The van der Waals surface area contributed by atoms with E-state index >= 15 is 0 Å². The molecular formula is C25H21N3O4. The molecule has 1 heterocycles. The topological polar surface area (TPSA) is 82.4 Å². The average Bonchev–Trinajstić information content (AvgIpc) is 2.81. The van der Waals surface area contributed by atoms with E-state index in [4.69, 9.17) is 9.47 Å². The number of rotatable bonds is 6. The zero-order valence-corrected chi connectivity index (χ0v) is 17.6. The second kappa shape index (κ2) is 9.18. The first-order valence-electron chi connectivity index (χ1n) is 9.94. The van der Waals surface area contributed by atoms with Gasteiger partial charge in [0.1, 0.15) is 5.75 Å². The molecule has 3 aromatic carbocycles. The number of methoxy groups -OCH3 is 1. The highest BCUT2D eigenvalue weighted by atomic mass is 16.5. The molecule has 1 N–H and O–H groups in total. The first kappa shape index (κ1) is 20.9. The van der Waals surface area contributed by atoms with Crippen molar-refractivity contribution in [1.29, 1.82) is 0 Å². The number of nitrogens with one attached hydrogen (secondary N) is 1. The summed E-state index contributed by atoms with van der Waals surface area (Å²) >= 11 is 0. The monoisotopic (exact) mass is 427 g/mol. The van der Waals surface area contributed by atoms with Gasteiger partial charge >= 0.3 is 0 Å². The third kappa shape index (κ3) is 4.52. The van der Waals surface area contributed by atoms with Crippen LogP contribution in [-0.4, -0.2) is 22.8 Å². The summed E-state index contributed by atoms with van der Waals surface area (Å²) in [5.74, 6) is 1.19. The summed E-state index contributed by atoms with van der Waals surface area (Å²) in [5, 5.41) is 7.00. The number of aryl methyl sites for hydroxylation is 1. The summed E-state index contributed by atoms with van der Waals surface area (Å²) in [5.41, 5.74) is 1.28. The Kier molecular flexibility index (Phi) is 5.98. The predicted molar refractivity (Wildman–Crippen MR) is 122 cm³/mol. The Labute approximate surface area is 184 Å². The van der Waals surface area contributed by atoms with Crippen LogP contribution in [0.25, 0.3) is 5.69 Å². The number of amides is 1. The van der Waals surface area contributed by atoms with E-state index in [0.717, 1.165) is 5.69 Å². The molecule has 0 bridgehead atoms. The highest BCUT2D eigenvalue weighted by Gasteiger charge is 2.16. The van der Waals surface area contributed by atoms with Gasteiger partial charge in [0.05, 0.1) is 12.8 Å². The molecule has 0 saturated heterocycles. The summed E-state index contributed by atoms with van der Waals surface area (Å²) in [7, 11) is 1.58. The van der Waals surface area contributed by atoms with Gasteiger partial charge in [-0.25, -0.2) is 4.68 Å². The van der Waals surface area contributed by atoms with Gasteiger partial charge in [-0.2, -0.15) is 5.10 Å².